The highest BCUT2D eigenvalue weighted by Gasteiger charge is 2.37. The van der Waals surface area contributed by atoms with E-state index < -0.39 is 49.4 Å². The molecule has 290 valence electrons. The number of nitrogens with one attached hydrogen (secondary N) is 2. The summed E-state index contributed by atoms with van der Waals surface area (Å²) in [6.45, 7) is 11.5. The normalized spacial score (nSPS) is 18.8. The Bertz CT molecular complexity index is 1530. The number of hydrogen-bond donors (Lipinski definition) is 4. The average molecular weight is 764 g/mol. The second-order valence-electron chi connectivity index (χ2n) is 14.6. The standard InChI is InChI=1S/C37H58N5O8PS/c1-9-24(4)33(40-35(45)30-17-13-14-18-41(30)7)37(46)42(8)31(23(2)3)21-32(50-26(6)43)36-39-29(22-52-36)34(44)38-28(19-25(5)51(47,48)49)20-27-15-11-10-12-16-27/h10-12,15-16,22-25,28,30-33H,9,13-14,17-21H2,1-8H3,(H,38,44)(H,40,45)(H2,47,48,49)/t24-,25?,28+,30+,31+,32+,33-/m0/s1. The third-order valence-electron chi connectivity index (χ3n) is 10.1. The van der Waals surface area contributed by atoms with Crippen LogP contribution in [0.5, 0.6) is 0 Å². The Labute approximate surface area is 312 Å². The lowest BCUT2D eigenvalue weighted by atomic mass is 9.92. The van der Waals surface area contributed by atoms with E-state index in [9.17, 15) is 33.5 Å². The predicted molar refractivity (Wildman–Crippen MR) is 202 cm³/mol. The van der Waals surface area contributed by atoms with Crippen molar-refractivity contribution < 1.29 is 38.3 Å². The molecule has 7 atom stereocenters. The van der Waals surface area contributed by atoms with E-state index in [-0.39, 0.29) is 48.2 Å². The van der Waals surface area contributed by atoms with Gasteiger partial charge in [0.05, 0.1) is 11.7 Å². The van der Waals surface area contributed by atoms with Gasteiger partial charge in [0, 0.05) is 37.9 Å². The van der Waals surface area contributed by atoms with Crippen LogP contribution < -0.4 is 10.6 Å². The first-order chi connectivity index (χ1) is 24.4. The van der Waals surface area contributed by atoms with E-state index >= 15 is 0 Å². The van der Waals surface area contributed by atoms with E-state index in [1.54, 1.807) is 17.3 Å². The molecule has 1 saturated heterocycles. The number of piperidine rings is 1. The van der Waals surface area contributed by atoms with Crippen LogP contribution in [0.1, 0.15) is 107 Å². The van der Waals surface area contributed by atoms with E-state index in [0.29, 0.717) is 17.8 Å². The molecule has 0 bridgehead atoms. The highest BCUT2D eigenvalue weighted by Crippen LogP contribution is 2.43. The molecule has 1 aromatic heterocycles. The van der Waals surface area contributed by atoms with Crippen LogP contribution in [-0.2, 0) is 30.1 Å². The Balaban J connectivity index is 1.82. The number of carbonyl (C=O) groups excluding carboxylic acids is 4. The van der Waals surface area contributed by atoms with Gasteiger partial charge in [-0.05, 0) is 56.7 Å². The minimum absolute atomic E-state index is 0.0455. The lowest BCUT2D eigenvalue weighted by molar-refractivity contribution is -0.149. The fraction of sp³-hybridized carbons (Fsp3) is 0.649. The average Bonchev–Trinajstić information content (AvgIpc) is 3.58. The number of thiazole rings is 1. The second kappa shape index (κ2) is 19.8. The van der Waals surface area contributed by atoms with E-state index in [1.807, 2.05) is 70.0 Å². The molecule has 1 fully saturated rings. The van der Waals surface area contributed by atoms with Crippen LogP contribution in [0.3, 0.4) is 0 Å². The van der Waals surface area contributed by atoms with Crippen molar-refractivity contribution in [3.63, 3.8) is 0 Å². The zero-order valence-electron chi connectivity index (χ0n) is 31.8. The molecule has 2 heterocycles. The first-order valence-corrected chi connectivity index (χ1v) is 20.8. The zero-order chi connectivity index (χ0) is 38.7. The number of likely N-dealkylation sites (tertiary alicyclic amines) is 1. The predicted octanol–water partition coefficient (Wildman–Crippen LogP) is 4.93. The van der Waals surface area contributed by atoms with Crippen molar-refractivity contribution in [2.24, 2.45) is 11.8 Å². The van der Waals surface area contributed by atoms with E-state index in [4.69, 9.17) is 4.74 Å². The molecule has 2 aromatic rings. The summed E-state index contributed by atoms with van der Waals surface area (Å²) in [5.41, 5.74) is 0.00149. The third-order valence-corrected chi connectivity index (χ3v) is 12.4. The highest BCUT2D eigenvalue weighted by molar-refractivity contribution is 7.52. The molecular formula is C37H58N5O8PS. The molecule has 13 nitrogen and oxygen atoms in total. The number of esters is 1. The number of aromatic nitrogens is 1. The van der Waals surface area contributed by atoms with E-state index in [1.165, 1.54) is 13.8 Å². The van der Waals surface area contributed by atoms with Gasteiger partial charge in [0.1, 0.15) is 16.7 Å². The molecule has 1 aliphatic heterocycles. The van der Waals surface area contributed by atoms with Gasteiger partial charge in [-0.25, -0.2) is 4.98 Å². The van der Waals surface area contributed by atoms with Gasteiger partial charge < -0.3 is 30.1 Å². The maximum absolute atomic E-state index is 14.2. The minimum Gasteiger partial charge on any atom is -0.455 e. The number of benzene rings is 1. The van der Waals surface area contributed by atoms with Gasteiger partial charge in [-0.1, -0.05) is 77.8 Å². The van der Waals surface area contributed by atoms with Gasteiger partial charge in [-0.2, -0.15) is 0 Å². The summed E-state index contributed by atoms with van der Waals surface area (Å²) in [5.74, 6) is -1.63. The summed E-state index contributed by atoms with van der Waals surface area (Å²) in [5, 5.41) is 7.91. The highest BCUT2D eigenvalue weighted by atomic mass is 32.1. The number of likely N-dealkylation sites (N-methyl/N-ethyl adjacent to an activating group) is 2. The van der Waals surface area contributed by atoms with Crippen molar-refractivity contribution in [2.75, 3.05) is 20.6 Å². The summed E-state index contributed by atoms with van der Waals surface area (Å²) in [4.78, 5) is 81.1. The number of ether oxygens (including phenoxy) is 1. The Morgan fingerprint density at radius 3 is 2.33 bits per heavy atom. The zero-order valence-corrected chi connectivity index (χ0v) is 33.5. The van der Waals surface area contributed by atoms with Crippen LogP contribution in [0.25, 0.3) is 0 Å². The topological polar surface area (TPSA) is 178 Å². The fourth-order valence-electron chi connectivity index (χ4n) is 6.66. The molecule has 0 radical (unpaired) electrons. The molecule has 4 N–H and O–H groups in total. The van der Waals surface area contributed by atoms with Crippen LogP contribution in [-0.4, -0.2) is 98.7 Å². The molecule has 15 heteroatoms. The SMILES string of the molecule is CC[C@H](C)[C@H](NC(=O)[C@H]1CCCCN1C)C(=O)N(C)[C@H](C[C@@H](OC(C)=O)c1nc(C(=O)N[C@@H](Cc2ccccc2)CC(C)P(=O)(O)O)cs1)C(C)C. The molecule has 3 rings (SSSR count). The Kier molecular flexibility index (Phi) is 16.5. The summed E-state index contributed by atoms with van der Waals surface area (Å²) in [7, 11) is -0.744. The molecule has 0 saturated carbocycles. The molecule has 3 amide bonds. The summed E-state index contributed by atoms with van der Waals surface area (Å²) in [6, 6.07) is 7.31. The molecule has 0 spiro atoms. The number of amides is 3. The lowest BCUT2D eigenvalue weighted by Gasteiger charge is -2.38. The van der Waals surface area contributed by atoms with Gasteiger partial charge >= 0.3 is 13.6 Å². The van der Waals surface area contributed by atoms with Gasteiger partial charge in [0.25, 0.3) is 5.91 Å². The summed E-state index contributed by atoms with van der Waals surface area (Å²) < 4.78 is 17.7. The Morgan fingerprint density at radius 1 is 1.08 bits per heavy atom. The minimum atomic E-state index is -4.38. The monoisotopic (exact) mass is 763 g/mol. The largest absolute Gasteiger partial charge is 0.455 e. The van der Waals surface area contributed by atoms with Crippen LogP contribution >= 0.6 is 18.9 Å². The first kappa shape index (κ1) is 43.2. The van der Waals surface area contributed by atoms with Crippen LogP contribution in [0.4, 0.5) is 0 Å². The smallest absolute Gasteiger partial charge is 0.328 e. The molecule has 0 aliphatic carbocycles. The number of rotatable bonds is 18. The maximum atomic E-state index is 14.2. The van der Waals surface area contributed by atoms with Crippen molar-refractivity contribution in [1.29, 1.82) is 0 Å². The second-order valence-corrected chi connectivity index (χ2v) is 17.5. The Morgan fingerprint density at radius 2 is 1.75 bits per heavy atom. The summed E-state index contributed by atoms with van der Waals surface area (Å²) in [6.07, 6.45) is 3.16. The van der Waals surface area contributed by atoms with Gasteiger partial charge in [0.2, 0.25) is 11.8 Å². The number of hydrogen-bond acceptors (Lipinski definition) is 9. The molecule has 1 aliphatic rings. The van der Waals surface area contributed by atoms with Crippen molar-refractivity contribution >= 4 is 42.6 Å². The fourth-order valence-corrected chi connectivity index (χ4v) is 8.03. The van der Waals surface area contributed by atoms with Gasteiger partial charge in [-0.15, -0.1) is 11.3 Å². The van der Waals surface area contributed by atoms with Crippen molar-refractivity contribution in [3.8, 4) is 0 Å². The maximum Gasteiger partial charge on any atom is 0.328 e. The number of carbonyl (C=O) groups is 4. The van der Waals surface area contributed by atoms with Crippen molar-refractivity contribution in [1.82, 2.24) is 25.4 Å². The lowest BCUT2D eigenvalue weighted by Crippen LogP contribution is -2.58. The molecule has 1 aromatic carbocycles. The Hall–Kier alpha value is -3.16. The van der Waals surface area contributed by atoms with Crippen molar-refractivity contribution in [3.05, 3.63) is 52.0 Å². The van der Waals surface area contributed by atoms with Crippen molar-refractivity contribution in [2.45, 2.75) is 122 Å². The summed E-state index contributed by atoms with van der Waals surface area (Å²) >= 11 is 1.15. The van der Waals surface area contributed by atoms with Crippen LogP contribution in [0.2, 0.25) is 0 Å². The van der Waals surface area contributed by atoms with Crippen LogP contribution in [0, 0.1) is 11.8 Å². The van der Waals surface area contributed by atoms with E-state index in [0.717, 1.165) is 42.7 Å². The van der Waals surface area contributed by atoms with Crippen LogP contribution in [0.15, 0.2) is 35.7 Å². The molecule has 1 unspecified atom stereocenters. The van der Waals surface area contributed by atoms with Gasteiger partial charge in [-0.3, -0.25) is 28.6 Å². The van der Waals surface area contributed by atoms with E-state index in [2.05, 4.69) is 15.6 Å². The molecule has 52 heavy (non-hydrogen) atoms. The van der Waals surface area contributed by atoms with Gasteiger partial charge in [0.15, 0.2) is 6.10 Å². The molecular weight excluding hydrogens is 705 g/mol. The third kappa shape index (κ3) is 12.5. The number of nitrogens with zero attached hydrogens (tertiary/aromatic N) is 3. The first-order valence-electron chi connectivity index (χ1n) is 18.2. The quantitative estimate of drug-likeness (QED) is 0.120.